The number of nitro groups is 1. The van der Waals surface area contributed by atoms with Crippen molar-refractivity contribution in [3.05, 3.63) is 56.0 Å². The van der Waals surface area contributed by atoms with Crippen molar-refractivity contribution in [2.75, 3.05) is 11.9 Å². The maximum Gasteiger partial charge on any atom is 0.292 e. The largest absolute Gasteiger partial charge is 0.388 e. The summed E-state index contributed by atoms with van der Waals surface area (Å²) in [6.45, 7) is 3.98. The summed E-state index contributed by atoms with van der Waals surface area (Å²) in [5.41, 5.74) is -0.846. The SMILES string of the molecule is CCC(O)(CC)CNc1cnn(-c2ccc([N+](=O)[O-])cc2)c(=O)c1Cl. The molecule has 1 heterocycles. The number of nitrogens with one attached hydrogen (secondary N) is 1. The van der Waals surface area contributed by atoms with Gasteiger partial charge in [0.15, 0.2) is 0 Å². The second-order valence-electron chi connectivity index (χ2n) is 5.65. The first kappa shape index (κ1) is 18.9. The summed E-state index contributed by atoms with van der Waals surface area (Å²) in [6, 6.07) is 5.41. The van der Waals surface area contributed by atoms with Crippen LogP contribution in [0.1, 0.15) is 26.7 Å². The van der Waals surface area contributed by atoms with E-state index in [9.17, 15) is 20.0 Å². The molecular weight excluding hydrogens is 348 g/mol. The lowest BCUT2D eigenvalue weighted by Crippen LogP contribution is -2.36. The highest BCUT2D eigenvalue weighted by molar-refractivity contribution is 6.32. The molecule has 0 saturated carbocycles. The normalized spacial score (nSPS) is 11.4. The van der Waals surface area contributed by atoms with Crippen molar-refractivity contribution in [2.45, 2.75) is 32.3 Å². The molecule has 9 heteroatoms. The van der Waals surface area contributed by atoms with Gasteiger partial charge in [0.1, 0.15) is 5.02 Å². The second kappa shape index (κ2) is 7.62. The molecule has 0 fully saturated rings. The molecule has 8 nitrogen and oxygen atoms in total. The third kappa shape index (κ3) is 4.15. The van der Waals surface area contributed by atoms with Crippen molar-refractivity contribution < 1.29 is 10.0 Å². The number of nitrogens with zero attached hydrogens (tertiary/aromatic N) is 3. The number of hydrogen-bond donors (Lipinski definition) is 2. The average molecular weight is 367 g/mol. The Balaban J connectivity index is 2.28. The molecule has 1 aromatic heterocycles. The lowest BCUT2D eigenvalue weighted by atomic mass is 9.97. The quantitative estimate of drug-likeness (QED) is 0.575. The molecular formula is C16H19ClN4O4. The molecule has 0 saturated heterocycles. The van der Waals surface area contributed by atoms with E-state index >= 15 is 0 Å². The number of non-ortho nitro benzene ring substituents is 1. The molecule has 2 rings (SSSR count). The van der Waals surface area contributed by atoms with Crippen LogP contribution in [0.25, 0.3) is 5.69 Å². The summed E-state index contributed by atoms with van der Waals surface area (Å²) >= 11 is 6.12. The van der Waals surface area contributed by atoms with Crippen molar-refractivity contribution >= 4 is 23.0 Å². The molecule has 25 heavy (non-hydrogen) atoms. The predicted molar refractivity (Wildman–Crippen MR) is 95.5 cm³/mol. The van der Waals surface area contributed by atoms with Crippen molar-refractivity contribution in [3.8, 4) is 5.69 Å². The Hall–Kier alpha value is -2.45. The molecule has 0 atom stereocenters. The number of rotatable bonds is 7. The van der Waals surface area contributed by atoms with Crippen LogP contribution in [-0.4, -0.2) is 32.0 Å². The maximum absolute atomic E-state index is 12.4. The summed E-state index contributed by atoms with van der Waals surface area (Å²) in [7, 11) is 0. The minimum Gasteiger partial charge on any atom is -0.388 e. The molecule has 0 unspecified atom stereocenters. The van der Waals surface area contributed by atoms with Gasteiger partial charge in [0.25, 0.3) is 11.2 Å². The number of anilines is 1. The fourth-order valence-electron chi connectivity index (χ4n) is 2.22. The summed E-state index contributed by atoms with van der Waals surface area (Å²) in [5.74, 6) is 0. The Bertz CT molecular complexity index is 816. The van der Waals surface area contributed by atoms with Gasteiger partial charge in [0.05, 0.1) is 28.1 Å². The van der Waals surface area contributed by atoms with Crippen LogP contribution in [0.5, 0.6) is 0 Å². The van der Waals surface area contributed by atoms with Gasteiger partial charge in [0, 0.05) is 18.7 Å². The Labute approximate surface area is 149 Å². The van der Waals surface area contributed by atoms with Crippen LogP contribution in [0.2, 0.25) is 5.02 Å². The Morgan fingerprint density at radius 3 is 2.44 bits per heavy atom. The lowest BCUT2D eigenvalue weighted by molar-refractivity contribution is -0.384. The summed E-state index contributed by atoms with van der Waals surface area (Å²) in [5, 5.41) is 27.9. The van der Waals surface area contributed by atoms with Gasteiger partial charge in [-0.1, -0.05) is 25.4 Å². The van der Waals surface area contributed by atoms with E-state index in [-0.39, 0.29) is 17.3 Å². The van der Waals surface area contributed by atoms with Crippen LogP contribution in [0.3, 0.4) is 0 Å². The molecule has 0 aliphatic carbocycles. The van der Waals surface area contributed by atoms with Gasteiger partial charge in [-0.3, -0.25) is 14.9 Å². The fourth-order valence-corrected chi connectivity index (χ4v) is 2.41. The van der Waals surface area contributed by atoms with Gasteiger partial charge in [0.2, 0.25) is 0 Å². The van der Waals surface area contributed by atoms with Crippen LogP contribution in [-0.2, 0) is 0 Å². The minimum atomic E-state index is -0.892. The number of nitro benzene ring substituents is 1. The first-order valence-electron chi connectivity index (χ1n) is 7.80. The van der Waals surface area contributed by atoms with Gasteiger partial charge in [-0.15, -0.1) is 0 Å². The van der Waals surface area contributed by atoms with Gasteiger partial charge < -0.3 is 10.4 Å². The number of aromatic nitrogens is 2. The molecule has 0 aliphatic heterocycles. The molecule has 0 aliphatic rings. The molecule has 1 aromatic carbocycles. The number of halogens is 1. The first-order valence-corrected chi connectivity index (χ1v) is 8.18. The fraction of sp³-hybridized carbons (Fsp3) is 0.375. The Kier molecular flexibility index (Phi) is 5.76. The minimum absolute atomic E-state index is 0.0668. The zero-order valence-electron chi connectivity index (χ0n) is 13.9. The predicted octanol–water partition coefficient (Wildman–Crippen LogP) is 2.76. The molecule has 2 N–H and O–H groups in total. The van der Waals surface area contributed by atoms with Gasteiger partial charge in [-0.25, -0.2) is 0 Å². The maximum atomic E-state index is 12.4. The zero-order valence-corrected chi connectivity index (χ0v) is 14.7. The van der Waals surface area contributed by atoms with Gasteiger partial charge in [-0.2, -0.15) is 9.78 Å². The third-order valence-electron chi connectivity index (χ3n) is 4.15. The Morgan fingerprint density at radius 2 is 1.92 bits per heavy atom. The number of benzene rings is 1. The van der Waals surface area contributed by atoms with Gasteiger partial charge >= 0.3 is 0 Å². The van der Waals surface area contributed by atoms with E-state index in [4.69, 9.17) is 11.6 Å². The smallest absolute Gasteiger partial charge is 0.292 e. The first-order chi connectivity index (χ1) is 11.8. The molecule has 0 amide bonds. The van der Waals surface area contributed by atoms with E-state index in [1.165, 1.54) is 30.5 Å². The van der Waals surface area contributed by atoms with Crippen LogP contribution >= 0.6 is 11.6 Å². The molecule has 0 bridgehead atoms. The summed E-state index contributed by atoms with van der Waals surface area (Å²) < 4.78 is 1.06. The number of hydrogen-bond acceptors (Lipinski definition) is 6. The monoisotopic (exact) mass is 366 g/mol. The van der Waals surface area contributed by atoms with Crippen molar-refractivity contribution in [1.29, 1.82) is 0 Å². The molecule has 0 spiro atoms. The van der Waals surface area contributed by atoms with Crippen molar-refractivity contribution in [2.24, 2.45) is 0 Å². The zero-order chi connectivity index (χ0) is 18.6. The second-order valence-corrected chi connectivity index (χ2v) is 6.03. The van der Waals surface area contributed by atoms with Crippen LogP contribution in [0.4, 0.5) is 11.4 Å². The number of aliphatic hydroxyl groups is 1. The topological polar surface area (TPSA) is 110 Å². The van der Waals surface area contributed by atoms with E-state index in [0.29, 0.717) is 24.2 Å². The van der Waals surface area contributed by atoms with Gasteiger partial charge in [-0.05, 0) is 25.0 Å². The van der Waals surface area contributed by atoms with Crippen LogP contribution < -0.4 is 10.9 Å². The van der Waals surface area contributed by atoms with Crippen LogP contribution in [0, 0.1) is 10.1 Å². The van der Waals surface area contributed by atoms with E-state index in [1.54, 1.807) is 0 Å². The highest BCUT2D eigenvalue weighted by atomic mass is 35.5. The third-order valence-corrected chi connectivity index (χ3v) is 4.51. The highest BCUT2D eigenvalue weighted by Crippen LogP contribution is 2.21. The standard InChI is InChI=1S/C16H19ClN4O4/c1-3-16(23,4-2)10-18-13-9-19-20(15(22)14(13)17)11-5-7-12(8-6-11)21(24)25/h5-9,18,23H,3-4,10H2,1-2H3. The van der Waals surface area contributed by atoms with E-state index in [2.05, 4.69) is 10.4 Å². The summed E-state index contributed by atoms with van der Waals surface area (Å²) in [6.07, 6.45) is 2.50. The molecule has 134 valence electrons. The average Bonchev–Trinajstić information content (AvgIpc) is 2.63. The van der Waals surface area contributed by atoms with Crippen LogP contribution in [0.15, 0.2) is 35.3 Å². The lowest BCUT2D eigenvalue weighted by Gasteiger charge is -2.26. The van der Waals surface area contributed by atoms with E-state index in [1.807, 2.05) is 13.8 Å². The molecule has 0 radical (unpaired) electrons. The Morgan fingerprint density at radius 1 is 1.32 bits per heavy atom. The highest BCUT2D eigenvalue weighted by Gasteiger charge is 2.22. The van der Waals surface area contributed by atoms with E-state index in [0.717, 1.165) is 4.68 Å². The summed E-state index contributed by atoms with van der Waals surface area (Å²) in [4.78, 5) is 22.6. The van der Waals surface area contributed by atoms with E-state index < -0.39 is 16.1 Å². The van der Waals surface area contributed by atoms with Crippen molar-refractivity contribution in [1.82, 2.24) is 9.78 Å². The molecule has 2 aromatic rings. The van der Waals surface area contributed by atoms with Crippen molar-refractivity contribution in [3.63, 3.8) is 0 Å².